The number of benzene rings is 2. The van der Waals surface area contributed by atoms with Crippen LogP contribution in [0.1, 0.15) is 22.6 Å². The quantitative estimate of drug-likeness (QED) is 0.733. The van der Waals surface area contributed by atoms with Crippen LogP contribution in [0.4, 0.5) is 0 Å². The van der Waals surface area contributed by atoms with Gasteiger partial charge < -0.3 is 10.1 Å². The molecule has 1 atom stereocenters. The predicted octanol–water partition coefficient (Wildman–Crippen LogP) is 3.29. The maximum atomic E-state index is 11.8. The van der Waals surface area contributed by atoms with Crippen molar-refractivity contribution in [2.75, 3.05) is 6.26 Å². The fraction of sp³-hybridized carbons (Fsp3) is 0.211. The number of fused-ring (bicyclic) bond motifs is 1. The van der Waals surface area contributed by atoms with Gasteiger partial charge in [-0.15, -0.1) is 0 Å². The summed E-state index contributed by atoms with van der Waals surface area (Å²) in [5.74, 6) is -1.60. The summed E-state index contributed by atoms with van der Waals surface area (Å²) in [7, 11) is -3.26. The summed E-state index contributed by atoms with van der Waals surface area (Å²) in [5.41, 5.74) is 3.52. The van der Waals surface area contributed by atoms with Crippen LogP contribution in [0.25, 0.3) is 10.9 Å². The number of aromatic amines is 1. The second kappa shape index (κ2) is 6.37. The highest BCUT2D eigenvalue weighted by molar-refractivity contribution is 7.90. The number of carboxylic acids is 1. The van der Waals surface area contributed by atoms with Crippen LogP contribution in [-0.4, -0.2) is 30.7 Å². The van der Waals surface area contributed by atoms with Gasteiger partial charge in [0.2, 0.25) is 0 Å². The Morgan fingerprint density at radius 2 is 1.84 bits per heavy atom. The zero-order valence-electron chi connectivity index (χ0n) is 14.0. The molecule has 0 saturated carbocycles. The standard InChI is InChI=1S/C19H19NO4S/c1-12-11-20-18-10-14(5-8-16(12)18)17(19(21)22)9-13-3-6-15(7-4-13)25(2,23)24/h3-8,10-11,17,20H,9H2,1-2H3,(H,21,22). The minimum absolute atomic E-state index is 0.228. The van der Waals surface area contributed by atoms with Crippen molar-refractivity contribution in [2.24, 2.45) is 0 Å². The molecule has 25 heavy (non-hydrogen) atoms. The molecule has 0 aliphatic heterocycles. The van der Waals surface area contributed by atoms with Gasteiger partial charge in [0.1, 0.15) is 0 Å². The van der Waals surface area contributed by atoms with E-state index >= 15 is 0 Å². The number of H-pyrrole nitrogens is 1. The fourth-order valence-electron chi connectivity index (χ4n) is 2.96. The lowest BCUT2D eigenvalue weighted by Crippen LogP contribution is -2.14. The average Bonchev–Trinajstić information content (AvgIpc) is 2.92. The summed E-state index contributed by atoms with van der Waals surface area (Å²) in [6.07, 6.45) is 3.34. The minimum atomic E-state index is -3.26. The molecule has 0 aliphatic rings. The van der Waals surface area contributed by atoms with Crippen molar-refractivity contribution < 1.29 is 18.3 Å². The molecule has 0 fully saturated rings. The zero-order valence-corrected chi connectivity index (χ0v) is 14.8. The lowest BCUT2D eigenvalue weighted by Gasteiger charge is -2.13. The lowest BCUT2D eigenvalue weighted by molar-refractivity contribution is -0.138. The number of aliphatic carboxylic acids is 1. The Labute approximate surface area is 146 Å². The molecule has 2 aromatic carbocycles. The van der Waals surface area contributed by atoms with E-state index < -0.39 is 21.7 Å². The Morgan fingerprint density at radius 3 is 2.44 bits per heavy atom. The third kappa shape index (κ3) is 3.58. The van der Waals surface area contributed by atoms with Gasteiger partial charge in [-0.25, -0.2) is 8.42 Å². The average molecular weight is 357 g/mol. The van der Waals surface area contributed by atoms with E-state index in [4.69, 9.17) is 0 Å². The molecular formula is C19H19NO4S. The van der Waals surface area contributed by atoms with Gasteiger partial charge in [0.05, 0.1) is 10.8 Å². The molecule has 0 bridgehead atoms. The Balaban J connectivity index is 1.91. The van der Waals surface area contributed by atoms with Crippen LogP contribution in [0.2, 0.25) is 0 Å². The van der Waals surface area contributed by atoms with Crippen LogP contribution >= 0.6 is 0 Å². The highest BCUT2D eigenvalue weighted by Crippen LogP contribution is 2.26. The molecule has 0 saturated heterocycles. The van der Waals surface area contributed by atoms with E-state index in [2.05, 4.69) is 4.98 Å². The third-order valence-corrected chi connectivity index (χ3v) is 5.53. The summed E-state index contributed by atoms with van der Waals surface area (Å²) in [6.45, 7) is 2.00. The second-order valence-electron chi connectivity index (χ2n) is 6.29. The van der Waals surface area contributed by atoms with Crippen LogP contribution in [0.3, 0.4) is 0 Å². The number of carbonyl (C=O) groups is 1. The first-order valence-electron chi connectivity index (χ1n) is 7.85. The summed E-state index contributed by atoms with van der Waals surface area (Å²) < 4.78 is 23.0. The molecule has 1 unspecified atom stereocenters. The van der Waals surface area contributed by atoms with Gasteiger partial charge in [0.15, 0.2) is 9.84 Å². The van der Waals surface area contributed by atoms with Crippen molar-refractivity contribution in [1.82, 2.24) is 4.98 Å². The predicted molar refractivity (Wildman–Crippen MR) is 96.7 cm³/mol. The van der Waals surface area contributed by atoms with Crippen LogP contribution in [0, 0.1) is 6.92 Å². The van der Waals surface area contributed by atoms with Gasteiger partial charge in [-0.1, -0.05) is 24.3 Å². The van der Waals surface area contributed by atoms with Gasteiger partial charge >= 0.3 is 5.97 Å². The molecule has 0 aliphatic carbocycles. The van der Waals surface area contributed by atoms with E-state index in [-0.39, 0.29) is 4.90 Å². The van der Waals surface area contributed by atoms with Crippen molar-refractivity contribution in [2.45, 2.75) is 24.2 Å². The first-order valence-corrected chi connectivity index (χ1v) is 9.74. The number of hydrogen-bond donors (Lipinski definition) is 2. The molecule has 3 aromatic rings. The smallest absolute Gasteiger partial charge is 0.311 e. The van der Waals surface area contributed by atoms with Crippen LogP contribution in [0.5, 0.6) is 0 Å². The number of carboxylic acid groups (broad SMARTS) is 1. The molecule has 130 valence electrons. The Bertz CT molecular complexity index is 1030. The maximum Gasteiger partial charge on any atom is 0.311 e. The number of aryl methyl sites for hydroxylation is 1. The Kier molecular flexibility index (Phi) is 4.39. The molecule has 0 amide bonds. The normalized spacial score (nSPS) is 13.0. The summed E-state index contributed by atoms with van der Waals surface area (Å²) in [6, 6.07) is 12.0. The highest BCUT2D eigenvalue weighted by atomic mass is 32.2. The Morgan fingerprint density at radius 1 is 1.16 bits per heavy atom. The molecule has 5 nitrogen and oxygen atoms in total. The van der Waals surface area contributed by atoms with Gasteiger partial charge in [-0.05, 0) is 48.2 Å². The highest BCUT2D eigenvalue weighted by Gasteiger charge is 2.21. The van der Waals surface area contributed by atoms with Gasteiger partial charge in [-0.2, -0.15) is 0 Å². The number of rotatable bonds is 5. The Hall–Kier alpha value is -2.60. The number of sulfone groups is 1. The van der Waals surface area contributed by atoms with E-state index in [9.17, 15) is 18.3 Å². The van der Waals surface area contributed by atoms with E-state index in [1.807, 2.05) is 31.3 Å². The van der Waals surface area contributed by atoms with Crippen LogP contribution in [0.15, 0.2) is 53.6 Å². The molecular weight excluding hydrogens is 338 g/mol. The molecule has 6 heteroatoms. The number of aromatic nitrogens is 1. The van der Waals surface area contributed by atoms with Gasteiger partial charge in [0, 0.05) is 23.4 Å². The zero-order chi connectivity index (χ0) is 18.2. The van der Waals surface area contributed by atoms with Gasteiger partial charge in [-0.3, -0.25) is 4.79 Å². The molecule has 3 rings (SSSR count). The summed E-state index contributed by atoms with van der Waals surface area (Å²) >= 11 is 0. The lowest BCUT2D eigenvalue weighted by atomic mass is 9.91. The van der Waals surface area contributed by atoms with Crippen LogP contribution < -0.4 is 0 Å². The van der Waals surface area contributed by atoms with Crippen molar-refractivity contribution >= 4 is 26.7 Å². The summed E-state index contributed by atoms with van der Waals surface area (Å²) in [4.78, 5) is 15.1. The minimum Gasteiger partial charge on any atom is -0.481 e. The topological polar surface area (TPSA) is 87.2 Å². The molecule has 0 spiro atoms. The monoisotopic (exact) mass is 357 g/mol. The molecule has 2 N–H and O–H groups in total. The van der Waals surface area contributed by atoms with Crippen molar-refractivity contribution in [3.63, 3.8) is 0 Å². The molecule has 1 heterocycles. The van der Waals surface area contributed by atoms with Gasteiger partial charge in [0.25, 0.3) is 0 Å². The van der Waals surface area contributed by atoms with E-state index in [1.165, 1.54) is 12.1 Å². The SMILES string of the molecule is Cc1c[nH]c2cc(C(Cc3ccc(S(C)(=O)=O)cc3)C(=O)O)ccc12. The van der Waals surface area contributed by atoms with Crippen LogP contribution in [-0.2, 0) is 21.1 Å². The number of nitrogens with one attached hydrogen (secondary N) is 1. The largest absolute Gasteiger partial charge is 0.481 e. The van der Waals surface area contributed by atoms with Crippen molar-refractivity contribution in [3.8, 4) is 0 Å². The van der Waals surface area contributed by atoms with E-state index in [1.54, 1.807) is 12.1 Å². The van der Waals surface area contributed by atoms with Crippen molar-refractivity contribution in [3.05, 3.63) is 65.4 Å². The van der Waals surface area contributed by atoms with Crippen molar-refractivity contribution in [1.29, 1.82) is 0 Å². The first-order chi connectivity index (χ1) is 11.8. The molecule has 0 radical (unpaired) electrons. The first kappa shape index (κ1) is 17.2. The summed E-state index contributed by atoms with van der Waals surface area (Å²) in [5, 5.41) is 10.7. The maximum absolute atomic E-state index is 11.8. The second-order valence-corrected chi connectivity index (χ2v) is 8.30. The third-order valence-electron chi connectivity index (χ3n) is 4.40. The fourth-order valence-corrected chi connectivity index (χ4v) is 3.59. The molecule has 1 aromatic heterocycles. The number of hydrogen-bond acceptors (Lipinski definition) is 3. The van der Waals surface area contributed by atoms with E-state index in [0.29, 0.717) is 12.0 Å². The van der Waals surface area contributed by atoms with E-state index in [0.717, 1.165) is 28.3 Å².